The van der Waals surface area contributed by atoms with Gasteiger partial charge in [0.15, 0.2) is 0 Å². The summed E-state index contributed by atoms with van der Waals surface area (Å²) in [5.74, 6) is 0. The number of allylic oxidation sites excluding steroid dienone is 1. The zero-order valence-corrected chi connectivity index (χ0v) is 14.2. The van der Waals surface area contributed by atoms with Crippen LogP contribution in [0.2, 0.25) is 18.1 Å². The molecule has 106 valence electrons. The van der Waals surface area contributed by atoms with Crippen molar-refractivity contribution in [3.05, 3.63) is 41.1 Å². The van der Waals surface area contributed by atoms with Crippen molar-refractivity contribution in [1.29, 1.82) is 0 Å². The van der Waals surface area contributed by atoms with E-state index >= 15 is 0 Å². The minimum absolute atomic E-state index is 1.21. The SMILES string of the molecule is CCCC/C(=C\c1ccccc1)[Si](CC)(CC)CC. The van der Waals surface area contributed by atoms with Crippen LogP contribution < -0.4 is 0 Å². The highest BCUT2D eigenvalue weighted by molar-refractivity contribution is 6.86. The van der Waals surface area contributed by atoms with Gasteiger partial charge in [0.1, 0.15) is 0 Å². The van der Waals surface area contributed by atoms with Crippen molar-refractivity contribution in [1.82, 2.24) is 0 Å². The third-order valence-corrected chi connectivity index (χ3v) is 10.5. The van der Waals surface area contributed by atoms with E-state index in [1.807, 2.05) is 0 Å². The van der Waals surface area contributed by atoms with Gasteiger partial charge in [-0.05, 0) is 12.0 Å². The Bertz CT molecular complexity index is 366. The molecule has 0 aliphatic carbocycles. The van der Waals surface area contributed by atoms with Crippen LogP contribution in [-0.2, 0) is 0 Å². The largest absolute Gasteiger partial charge is 0.0807 e. The van der Waals surface area contributed by atoms with Crippen molar-refractivity contribution in [3.63, 3.8) is 0 Å². The first-order valence-electron chi connectivity index (χ1n) is 7.98. The second kappa shape index (κ2) is 8.37. The van der Waals surface area contributed by atoms with Crippen LogP contribution in [0.4, 0.5) is 0 Å². The lowest BCUT2D eigenvalue weighted by Crippen LogP contribution is -2.34. The fourth-order valence-corrected chi connectivity index (χ4v) is 7.08. The summed E-state index contributed by atoms with van der Waals surface area (Å²) in [5.41, 5.74) is 1.39. The first kappa shape index (κ1) is 16.2. The van der Waals surface area contributed by atoms with Crippen LogP contribution in [-0.4, -0.2) is 8.07 Å². The first-order valence-corrected chi connectivity index (χ1v) is 10.6. The first-order chi connectivity index (χ1) is 9.22. The molecule has 0 N–H and O–H groups in total. The van der Waals surface area contributed by atoms with Gasteiger partial charge in [0.2, 0.25) is 0 Å². The van der Waals surface area contributed by atoms with Gasteiger partial charge in [-0.1, -0.05) is 100 Å². The van der Waals surface area contributed by atoms with E-state index in [2.05, 4.69) is 64.1 Å². The summed E-state index contributed by atoms with van der Waals surface area (Å²) in [6.07, 6.45) is 6.46. The predicted molar refractivity (Wildman–Crippen MR) is 91.1 cm³/mol. The number of benzene rings is 1. The third kappa shape index (κ3) is 4.34. The highest BCUT2D eigenvalue weighted by Gasteiger charge is 2.30. The quantitative estimate of drug-likeness (QED) is 0.487. The molecule has 0 bridgehead atoms. The van der Waals surface area contributed by atoms with Gasteiger partial charge in [-0.3, -0.25) is 0 Å². The fraction of sp³-hybridized carbons (Fsp3) is 0.556. The molecule has 0 heterocycles. The van der Waals surface area contributed by atoms with Crippen molar-refractivity contribution >= 4 is 14.1 Å². The van der Waals surface area contributed by atoms with Crippen LogP contribution in [0.15, 0.2) is 35.5 Å². The maximum absolute atomic E-state index is 2.51. The molecule has 0 unspecified atom stereocenters. The second-order valence-electron chi connectivity index (χ2n) is 5.52. The molecule has 0 aliphatic heterocycles. The van der Waals surface area contributed by atoms with Gasteiger partial charge in [-0.2, -0.15) is 0 Å². The molecular weight excluding hydrogens is 244 g/mol. The summed E-state index contributed by atoms with van der Waals surface area (Å²) >= 11 is 0. The van der Waals surface area contributed by atoms with E-state index in [1.54, 1.807) is 5.20 Å². The highest BCUT2D eigenvalue weighted by atomic mass is 28.3. The molecule has 0 amide bonds. The normalized spacial score (nSPS) is 12.7. The number of hydrogen-bond donors (Lipinski definition) is 0. The van der Waals surface area contributed by atoms with Crippen LogP contribution in [0.25, 0.3) is 6.08 Å². The Labute approximate surface area is 121 Å². The van der Waals surface area contributed by atoms with Gasteiger partial charge in [0.05, 0.1) is 8.07 Å². The maximum Gasteiger partial charge on any atom is 0.0807 e. The highest BCUT2D eigenvalue weighted by Crippen LogP contribution is 2.33. The van der Waals surface area contributed by atoms with Crippen LogP contribution in [0.5, 0.6) is 0 Å². The lowest BCUT2D eigenvalue weighted by Gasteiger charge is -2.32. The van der Waals surface area contributed by atoms with Gasteiger partial charge in [-0.15, -0.1) is 0 Å². The summed E-state index contributed by atoms with van der Waals surface area (Å²) in [7, 11) is -1.21. The van der Waals surface area contributed by atoms with E-state index in [0.29, 0.717) is 0 Å². The van der Waals surface area contributed by atoms with Crippen LogP contribution in [0.3, 0.4) is 0 Å². The molecule has 0 fully saturated rings. The van der Waals surface area contributed by atoms with Gasteiger partial charge in [-0.25, -0.2) is 0 Å². The van der Waals surface area contributed by atoms with Crippen LogP contribution in [0.1, 0.15) is 52.5 Å². The lowest BCUT2D eigenvalue weighted by molar-refractivity contribution is 0.801. The fourth-order valence-electron chi connectivity index (χ4n) is 3.04. The van der Waals surface area contributed by atoms with E-state index in [1.165, 1.54) is 43.0 Å². The zero-order chi connectivity index (χ0) is 14.1. The molecule has 0 saturated heterocycles. The van der Waals surface area contributed by atoms with Gasteiger partial charge in [0.25, 0.3) is 0 Å². The molecule has 1 rings (SSSR count). The third-order valence-electron chi connectivity index (χ3n) is 4.65. The number of rotatable bonds is 8. The molecule has 1 aromatic carbocycles. The van der Waals surface area contributed by atoms with E-state index < -0.39 is 8.07 Å². The predicted octanol–water partition coefficient (Wildman–Crippen LogP) is 6.31. The molecule has 0 spiro atoms. The zero-order valence-electron chi connectivity index (χ0n) is 13.2. The summed E-state index contributed by atoms with van der Waals surface area (Å²) in [5, 5.41) is 1.80. The molecule has 19 heavy (non-hydrogen) atoms. The molecule has 1 aromatic rings. The van der Waals surface area contributed by atoms with Crippen LogP contribution >= 0.6 is 0 Å². The van der Waals surface area contributed by atoms with Crippen molar-refractivity contribution in [2.75, 3.05) is 0 Å². The molecule has 0 atom stereocenters. The molecule has 0 aromatic heterocycles. The Morgan fingerprint density at radius 3 is 2.00 bits per heavy atom. The summed E-state index contributed by atoms with van der Waals surface area (Å²) < 4.78 is 0. The molecule has 0 radical (unpaired) electrons. The van der Waals surface area contributed by atoms with E-state index in [0.717, 1.165) is 0 Å². The summed E-state index contributed by atoms with van der Waals surface area (Å²) in [6, 6.07) is 15.1. The average Bonchev–Trinajstić information content (AvgIpc) is 2.48. The topological polar surface area (TPSA) is 0 Å². The standard InChI is InChI=1S/C18H30Si/c1-5-9-15-18(19(6-2,7-3)8-4)16-17-13-11-10-12-14-17/h10-14,16H,5-9,15H2,1-4H3/b18-16+. The van der Waals surface area contributed by atoms with E-state index in [4.69, 9.17) is 0 Å². The Hall–Kier alpha value is -0.823. The molecule has 0 nitrogen and oxygen atoms in total. The Morgan fingerprint density at radius 1 is 0.947 bits per heavy atom. The van der Waals surface area contributed by atoms with Gasteiger partial charge in [0, 0.05) is 0 Å². The van der Waals surface area contributed by atoms with Crippen molar-refractivity contribution in [2.45, 2.75) is 65.1 Å². The van der Waals surface area contributed by atoms with Crippen molar-refractivity contribution < 1.29 is 0 Å². The van der Waals surface area contributed by atoms with Crippen LogP contribution in [0, 0.1) is 0 Å². The Morgan fingerprint density at radius 2 is 1.53 bits per heavy atom. The minimum Gasteiger partial charge on any atom is -0.0797 e. The lowest BCUT2D eigenvalue weighted by atomic mass is 10.1. The minimum atomic E-state index is -1.21. The van der Waals surface area contributed by atoms with Gasteiger partial charge < -0.3 is 0 Å². The number of unbranched alkanes of at least 4 members (excludes halogenated alkanes) is 1. The monoisotopic (exact) mass is 274 g/mol. The average molecular weight is 275 g/mol. The van der Waals surface area contributed by atoms with Crippen molar-refractivity contribution in [2.24, 2.45) is 0 Å². The Balaban J connectivity index is 3.09. The molecule has 0 saturated carbocycles. The second-order valence-corrected chi connectivity index (χ2v) is 10.8. The summed E-state index contributed by atoms with van der Waals surface area (Å²) in [6.45, 7) is 9.52. The molecule has 1 heteroatoms. The smallest absolute Gasteiger partial charge is 0.0797 e. The maximum atomic E-state index is 2.51. The van der Waals surface area contributed by atoms with Gasteiger partial charge >= 0.3 is 0 Å². The van der Waals surface area contributed by atoms with Crippen molar-refractivity contribution in [3.8, 4) is 0 Å². The molecule has 0 aliphatic rings. The van der Waals surface area contributed by atoms with E-state index in [-0.39, 0.29) is 0 Å². The Kier molecular flexibility index (Phi) is 7.15. The number of hydrogen-bond acceptors (Lipinski definition) is 0. The summed E-state index contributed by atoms with van der Waals surface area (Å²) in [4.78, 5) is 0. The molecular formula is C18H30Si. The van der Waals surface area contributed by atoms with E-state index in [9.17, 15) is 0 Å².